The van der Waals surface area contributed by atoms with E-state index in [9.17, 15) is 4.79 Å². The smallest absolute Gasteiger partial charge is 0.292 e. The van der Waals surface area contributed by atoms with Crippen LogP contribution >= 0.6 is 11.6 Å². The van der Waals surface area contributed by atoms with Crippen LogP contribution in [0.5, 0.6) is 0 Å². The van der Waals surface area contributed by atoms with Crippen LogP contribution < -0.4 is 11.1 Å². The van der Waals surface area contributed by atoms with Gasteiger partial charge in [-0.1, -0.05) is 24.6 Å². The summed E-state index contributed by atoms with van der Waals surface area (Å²) in [6.45, 7) is 2.45. The normalized spacial score (nSPS) is 11.7. The second kappa shape index (κ2) is 7.93. The van der Waals surface area contributed by atoms with Gasteiger partial charge in [-0.25, -0.2) is 0 Å². The summed E-state index contributed by atoms with van der Waals surface area (Å²) in [7, 11) is 0. The number of carbonyl (C=O) groups excluding carboxylic acids is 1. The van der Waals surface area contributed by atoms with E-state index < -0.39 is 0 Å². The molecule has 0 saturated heterocycles. The first-order valence-electron chi connectivity index (χ1n) is 8.25. The highest BCUT2D eigenvalue weighted by molar-refractivity contribution is 6.32. The van der Waals surface area contributed by atoms with Crippen molar-refractivity contribution in [1.29, 1.82) is 5.26 Å². The van der Waals surface area contributed by atoms with Gasteiger partial charge in [0.05, 0.1) is 22.8 Å². The number of rotatable bonds is 6. The second-order valence-corrected chi connectivity index (χ2v) is 6.29. The third-order valence-corrected chi connectivity index (χ3v) is 4.33. The maximum Gasteiger partial charge on any atom is 0.292 e. The summed E-state index contributed by atoms with van der Waals surface area (Å²) < 4.78 is 6.60. The number of nitrogen functional groups attached to an aromatic ring is 1. The van der Waals surface area contributed by atoms with Gasteiger partial charge < -0.3 is 15.5 Å². The Morgan fingerprint density at radius 2 is 2.30 bits per heavy atom. The molecular formula is C18H17ClN6O2. The minimum Gasteiger partial charge on any atom is -0.431 e. The number of carbonyl (C=O) groups is 1. The van der Waals surface area contributed by atoms with Gasteiger partial charge in [0.2, 0.25) is 0 Å². The molecule has 0 saturated carbocycles. The van der Waals surface area contributed by atoms with E-state index >= 15 is 0 Å². The van der Waals surface area contributed by atoms with Crippen molar-refractivity contribution >= 4 is 23.5 Å². The highest BCUT2D eigenvalue weighted by Gasteiger charge is 2.16. The standard InChI is InChI=1S/C18H17ClN6O2/c1-2-13(22-17(26)16-10-27-18(21)23-16)9-25-6-5-15(24-25)11-3-4-12(8-20)14(19)7-11/h3-7,10,13H,2,9H2,1H3,(H2,21,23)(H,22,26)/t13-/m0/s1. The second-order valence-electron chi connectivity index (χ2n) is 5.88. The third kappa shape index (κ3) is 4.27. The number of nitrogens with zero attached hydrogens (tertiary/aromatic N) is 4. The summed E-state index contributed by atoms with van der Waals surface area (Å²) in [5, 5.41) is 16.7. The van der Waals surface area contributed by atoms with Crippen molar-refractivity contribution in [3.05, 3.63) is 53.0 Å². The highest BCUT2D eigenvalue weighted by atomic mass is 35.5. The van der Waals surface area contributed by atoms with E-state index in [4.69, 9.17) is 27.0 Å². The lowest BCUT2D eigenvalue weighted by molar-refractivity contribution is 0.0926. The summed E-state index contributed by atoms with van der Waals surface area (Å²) in [5.41, 5.74) is 7.49. The van der Waals surface area contributed by atoms with Gasteiger partial charge in [0, 0.05) is 17.8 Å². The number of hydrogen-bond donors (Lipinski definition) is 2. The van der Waals surface area contributed by atoms with E-state index in [1.807, 2.05) is 25.3 Å². The minimum absolute atomic E-state index is 0.0500. The molecule has 1 amide bonds. The zero-order valence-corrected chi connectivity index (χ0v) is 15.3. The first-order chi connectivity index (χ1) is 13.0. The first kappa shape index (κ1) is 18.5. The quantitative estimate of drug-likeness (QED) is 0.673. The molecule has 0 unspecified atom stereocenters. The Bertz CT molecular complexity index is 1000. The lowest BCUT2D eigenvalue weighted by atomic mass is 10.1. The summed E-state index contributed by atoms with van der Waals surface area (Å²) in [6.07, 6.45) is 3.75. The van der Waals surface area contributed by atoms with Gasteiger partial charge in [-0.05, 0) is 24.6 Å². The molecule has 2 heterocycles. The van der Waals surface area contributed by atoms with Gasteiger partial charge in [0.15, 0.2) is 5.69 Å². The number of anilines is 1. The van der Waals surface area contributed by atoms with E-state index in [1.54, 1.807) is 22.9 Å². The molecule has 2 aromatic heterocycles. The number of oxazole rings is 1. The van der Waals surface area contributed by atoms with Crippen LogP contribution in [0.1, 0.15) is 29.4 Å². The van der Waals surface area contributed by atoms with Crippen LogP contribution in [-0.4, -0.2) is 26.7 Å². The van der Waals surface area contributed by atoms with Crippen molar-refractivity contribution < 1.29 is 9.21 Å². The largest absolute Gasteiger partial charge is 0.431 e. The molecule has 27 heavy (non-hydrogen) atoms. The Balaban J connectivity index is 1.69. The topological polar surface area (TPSA) is 123 Å². The Morgan fingerprint density at radius 1 is 1.48 bits per heavy atom. The summed E-state index contributed by atoms with van der Waals surface area (Å²) in [4.78, 5) is 16.0. The zero-order chi connectivity index (χ0) is 19.4. The van der Waals surface area contributed by atoms with Crippen molar-refractivity contribution in [2.45, 2.75) is 25.9 Å². The SMILES string of the molecule is CC[C@@H](Cn1ccc(-c2ccc(C#N)c(Cl)c2)n1)NC(=O)c1coc(N)n1. The number of amides is 1. The van der Waals surface area contributed by atoms with E-state index in [0.717, 1.165) is 11.3 Å². The molecule has 138 valence electrons. The lowest BCUT2D eigenvalue weighted by Crippen LogP contribution is -2.37. The fourth-order valence-corrected chi connectivity index (χ4v) is 2.76. The lowest BCUT2D eigenvalue weighted by Gasteiger charge is -2.16. The van der Waals surface area contributed by atoms with Crippen molar-refractivity contribution in [3.63, 3.8) is 0 Å². The number of aromatic nitrogens is 3. The molecule has 0 aliphatic rings. The Kier molecular flexibility index (Phi) is 5.43. The summed E-state index contributed by atoms with van der Waals surface area (Å²) in [6, 6.07) is 8.85. The van der Waals surface area contributed by atoms with Crippen molar-refractivity contribution in [3.8, 4) is 17.3 Å². The molecule has 8 nitrogen and oxygen atoms in total. The van der Waals surface area contributed by atoms with Gasteiger partial charge >= 0.3 is 0 Å². The average molecular weight is 385 g/mol. The highest BCUT2D eigenvalue weighted by Crippen LogP contribution is 2.24. The van der Waals surface area contributed by atoms with E-state index in [2.05, 4.69) is 15.4 Å². The van der Waals surface area contributed by atoms with Crippen molar-refractivity contribution in [2.24, 2.45) is 0 Å². The number of nitriles is 1. The van der Waals surface area contributed by atoms with E-state index in [1.165, 1.54) is 6.26 Å². The molecule has 0 aliphatic carbocycles. The molecule has 0 aliphatic heterocycles. The Morgan fingerprint density at radius 3 is 2.93 bits per heavy atom. The minimum atomic E-state index is -0.353. The fourth-order valence-electron chi connectivity index (χ4n) is 2.54. The maximum atomic E-state index is 12.2. The van der Waals surface area contributed by atoms with E-state index in [-0.39, 0.29) is 23.7 Å². The van der Waals surface area contributed by atoms with Crippen LogP contribution in [0.15, 0.2) is 41.1 Å². The van der Waals surface area contributed by atoms with Crippen LogP contribution in [0.25, 0.3) is 11.3 Å². The van der Waals surface area contributed by atoms with Crippen molar-refractivity contribution in [1.82, 2.24) is 20.1 Å². The molecule has 3 rings (SSSR count). The maximum absolute atomic E-state index is 12.2. The number of hydrogen-bond acceptors (Lipinski definition) is 6. The van der Waals surface area contributed by atoms with Crippen molar-refractivity contribution in [2.75, 3.05) is 5.73 Å². The molecule has 1 aromatic carbocycles. The predicted molar refractivity (Wildman–Crippen MR) is 99.8 cm³/mol. The monoisotopic (exact) mass is 384 g/mol. The van der Waals surface area contributed by atoms with Crippen LogP contribution in [0.2, 0.25) is 5.02 Å². The zero-order valence-electron chi connectivity index (χ0n) is 14.5. The number of nitrogens with two attached hydrogens (primary N) is 1. The summed E-state index contributed by atoms with van der Waals surface area (Å²) >= 11 is 6.08. The molecule has 3 aromatic rings. The van der Waals surface area contributed by atoms with Gasteiger partial charge in [-0.3, -0.25) is 9.48 Å². The molecular weight excluding hydrogens is 368 g/mol. The molecule has 0 radical (unpaired) electrons. The molecule has 0 bridgehead atoms. The third-order valence-electron chi connectivity index (χ3n) is 4.02. The molecule has 9 heteroatoms. The van der Waals surface area contributed by atoms with Gasteiger partial charge in [-0.15, -0.1) is 0 Å². The predicted octanol–water partition coefficient (Wildman–Crippen LogP) is 2.85. The Hall–Kier alpha value is -3.31. The molecule has 0 spiro atoms. The average Bonchev–Trinajstić information content (AvgIpc) is 3.30. The molecule has 3 N–H and O–H groups in total. The van der Waals surface area contributed by atoms with Gasteiger partial charge in [0.1, 0.15) is 12.3 Å². The van der Waals surface area contributed by atoms with Crippen LogP contribution in [0.3, 0.4) is 0 Å². The van der Waals surface area contributed by atoms with Gasteiger partial charge in [-0.2, -0.15) is 15.3 Å². The van der Waals surface area contributed by atoms with Crippen LogP contribution in [-0.2, 0) is 6.54 Å². The summed E-state index contributed by atoms with van der Waals surface area (Å²) in [5.74, 6) is -0.353. The molecule has 0 fully saturated rings. The fraction of sp³-hybridized carbons (Fsp3) is 0.222. The number of halogens is 1. The number of benzene rings is 1. The molecule has 1 atom stereocenters. The first-order valence-corrected chi connectivity index (χ1v) is 8.63. The van der Waals surface area contributed by atoms with E-state index in [0.29, 0.717) is 23.6 Å². The van der Waals surface area contributed by atoms with Crippen LogP contribution in [0, 0.1) is 11.3 Å². The Labute approximate surface area is 160 Å². The number of nitrogens with one attached hydrogen (secondary N) is 1. The van der Waals surface area contributed by atoms with Gasteiger partial charge in [0.25, 0.3) is 11.9 Å². The van der Waals surface area contributed by atoms with Crippen LogP contribution in [0.4, 0.5) is 6.01 Å².